The Kier molecular flexibility index (Phi) is 7.88. The van der Waals surface area contributed by atoms with Gasteiger partial charge in [-0.1, -0.05) is 25.4 Å². The summed E-state index contributed by atoms with van der Waals surface area (Å²) in [4.78, 5) is 9.12. The number of hydrogen-bond acceptors (Lipinski definition) is 4. The molecule has 5 heteroatoms. The summed E-state index contributed by atoms with van der Waals surface area (Å²) in [6.07, 6.45) is 2.93. The third kappa shape index (κ3) is 4.93. The van der Waals surface area contributed by atoms with Crippen molar-refractivity contribution in [3.05, 3.63) is 22.8 Å². The van der Waals surface area contributed by atoms with Gasteiger partial charge in [0.05, 0.1) is 5.02 Å². The molecule has 114 valence electrons. The van der Waals surface area contributed by atoms with Gasteiger partial charge < -0.3 is 15.5 Å². The largest absolute Gasteiger partial charge is 0.356 e. The molecule has 1 aromatic heterocycles. The maximum Gasteiger partial charge on any atom is 0.147 e. The van der Waals surface area contributed by atoms with Gasteiger partial charge >= 0.3 is 0 Å². The molecule has 4 nitrogen and oxygen atoms in total. The number of rotatable bonds is 9. The van der Waals surface area contributed by atoms with Crippen molar-refractivity contribution in [3.8, 4) is 0 Å². The molecule has 0 unspecified atom stereocenters. The fourth-order valence-corrected chi connectivity index (χ4v) is 2.56. The van der Waals surface area contributed by atoms with Crippen molar-refractivity contribution in [1.82, 2.24) is 9.88 Å². The molecule has 0 aliphatic carbocycles. The zero-order valence-corrected chi connectivity index (χ0v) is 13.7. The molecule has 1 heterocycles. The Morgan fingerprint density at radius 1 is 1.15 bits per heavy atom. The Morgan fingerprint density at radius 3 is 2.35 bits per heavy atom. The van der Waals surface area contributed by atoms with Gasteiger partial charge in [-0.05, 0) is 44.6 Å². The number of halogens is 1. The quantitative estimate of drug-likeness (QED) is 0.761. The summed E-state index contributed by atoms with van der Waals surface area (Å²) in [5, 5.41) is 0.692. The number of nitrogens with two attached hydrogens (primary N) is 1. The van der Waals surface area contributed by atoms with Crippen molar-refractivity contribution in [1.29, 1.82) is 0 Å². The van der Waals surface area contributed by atoms with E-state index in [1.54, 1.807) is 0 Å². The lowest BCUT2D eigenvalue weighted by Gasteiger charge is -2.25. The Balaban J connectivity index is 2.62. The minimum Gasteiger partial charge on any atom is -0.356 e. The smallest absolute Gasteiger partial charge is 0.147 e. The number of hydrogen-bond donors (Lipinski definition) is 1. The maximum atomic E-state index is 6.31. The van der Waals surface area contributed by atoms with Crippen LogP contribution < -0.4 is 10.6 Å². The van der Waals surface area contributed by atoms with Crippen LogP contribution in [-0.2, 0) is 6.54 Å². The summed E-state index contributed by atoms with van der Waals surface area (Å²) in [5.74, 6) is 0.867. The van der Waals surface area contributed by atoms with Gasteiger partial charge in [0, 0.05) is 25.8 Å². The second-order valence-electron chi connectivity index (χ2n) is 4.81. The molecule has 1 aromatic rings. The number of nitrogens with zero attached hydrogens (tertiary/aromatic N) is 3. The molecule has 0 saturated heterocycles. The standard InChI is InChI=1S/C15H27ClN4/c1-4-19(5-2)8-7-9-20(6-3)15-14(16)10-13(11-17)12-18-15/h10,12H,4-9,11,17H2,1-3H3. The van der Waals surface area contributed by atoms with E-state index < -0.39 is 0 Å². The van der Waals surface area contributed by atoms with Crippen molar-refractivity contribution in [2.45, 2.75) is 33.7 Å². The Labute approximate surface area is 127 Å². The predicted octanol–water partition coefficient (Wildman–Crippen LogP) is 2.75. The van der Waals surface area contributed by atoms with Gasteiger partial charge in [0.2, 0.25) is 0 Å². The van der Waals surface area contributed by atoms with E-state index in [0.29, 0.717) is 11.6 Å². The van der Waals surface area contributed by atoms with E-state index in [1.165, 1.54) is 0 Å². The molecule has 0 aromatic carbocycles. The summed E-state index contributed by atoms with van der Waals surface area (Å²) < 4.78 is 0. The second kappa shape index (κ2) is 9.16. The summed E-state index contributed by atoms with van der Waals surface area (Å²) in [6.45, 7) is 12.2. The van der Waals surface area contributed by atoms with Gasteiger partial charge in [0.15, 0.2) is 0 Å². The lowest BCUT2D eigenvalue weighted by Crippen LogP contribution is -2.30. The first-order valence-electron chi connectivity index (χ1n) is 7.47. The molecule has 0 fully saturated rings. The molecule has 20 heavy (non-hydrogen) atoms. The third-order valence-corrected chi connectivity index (χ3v) is 3.87. The Bertz CT molecular complexity index is 393. The van der Waals surface area contributed by atoms with E-state index >= 15 is 0 Å². The van der Waals surface area contributed by atoms with Gasteiger partial charge in [-0.2, -0.15) is 0 Å². The van der Waals surface area contributed by atoms with Gasteiger partial charge in [0.1, 0.15) is 5.82 Å². The average molecular weight is 299 g/mol. The first-order valence-corrected chi connectivity index (χ1v) is 7.85. The fourth-order valence-electron chi connectivity index (χ4n) is 2.25. The van der Waals surface area contributed by atoms with Gasteiger partial charge in [-0.25, -0.2) is 4.98 Å². The van der Waals surface area contributed by atoms with Gasteiger partial charge in [-0.15, -0.1) is 0 Å². The van der Waals surface area contributed by atoms with E-state index in [2.05, 4.69) is 35.6 Å². The Hall–Kier alpha value is -0.840. The Morgan fingerprint density at radius 2 is 1.85 bits per heavy atom. The maximum absolute atomic E-state index is 6.31. The molecule has 0 aliphatic rings. The molecule has 0 amide bonds. The molecular weight excluding hydrogens is 272 g/mol. The van der Waals surface area contributed by atoms with Crippen molar-refractivity contribution in [2.75, 3.05) is 37.6 Å². The molecule has 0 radical (unpaired) electrons. The van der Waals surface area contributed by atoms with E-state index in [1.807, 2.05) is 12.3 Å². The van der Waals surface area contributed by atoms with Crippen LogP contribution in [0.15, 0.2) is 12.3 Å². The zero-order chi connectivity index (χ0) is 15.0. The second-order valence-corrected chi connectivity index (χ2v) is 5.22. The first-order chi connectivity index (χ1) is 9.65. The number of pyridine rings is 1. The highest BCUT2D eigenvalue weighted by molar-refractivity contribution is 6.33. The molecule has 0 atom stereocenters. The van der Waals surface area contributed by atoms with Gasteiger partial charge in [-0.3, -0.25) is 0 Å². The van der Waals surface area contributed by atoms with Crippen LogP contribution in [-0.4, -0.2) is 42.6 Å². The lowest BCUT2D eigenvalue weighted by atomic mass is 10.2. The molecular formula is C15H27ClN4. The minimum absolute atomic E-state index is 0.473. The van der Waals surface area contributed by atoms with Crippen LogP contribution in [0.5, 0.6) is 0 Å². The fraction of sp³-hybridized carbons (Fsp3) is 0.667. The van der Waals surface area contributed by atoms with Crippen LogP contribution in [0.2, 0.25) is 5.02 Å². The number of anilines is 1. The summed E-state index contributed by atoms with van der Waals surface area (Å²) in [7, 11) is 0. The van der Waals surface area contributed by atoms with Crippen molar-refractivity contribution in [3.63, 3.8) is 0 Å². The lowest BCUT2D eigenvalue weighted by molar-refractivity contribution is 0.300. The van der Waals surface area contributed by atoms with Crippen LogP contribution in [0.4, 0.5) is 5.82 Å². The van der Waals surface area contributed by atoms with Crippen molar-refractivity contribution >= 4 is 17.4 Å². The van der Waals surface area contributed by atoms with E-state index in [0.717, 1.165) is 50.5 Å². The number of aromatic nitrogens is 1. The van der Waals surface area contributed by atoms with Gasteiger partial charge in [0.25, 0.3) is 0 Å². The minimum atomic E-state index is 0.473. The van der Waals surface area contributed by atoms with E-state index in [4.69, 9.17) is 17.3 Å². The van der Waals surface area contributed by atoms with Crippen LogP contribution >= 0.6 is 11.6 Å². The van der Waals surface area contributed by atoms with Crippen molar-refractivity contribution in [2.24, 2.45) is 5.73 Å². The molecule has 0 saturated carbocycles. The molecule has 0 bridgehead atoms. The highest BCUT2D eigenvalue weighted by atomic mass is 35.5. The van der Waals surface area contributed by atoms with Crippen LogP contribution in [0.25, 0.3) is 0 Å². The highest BCUT2D eigenvalue weighted by Gasteiger charge is 2.11. The van der Waals surface area contributed by atoms with Crippen LogP contribution in [0.3, 0.4) is 0 Å². The van der Waals surface area contributed by atoms with E-state index in [-0.39, 0.29) is 0 Å². The molecule has 1 rings (SSSR count). The molecule has 0 aliphatic heterocycles. The summed E-state index contributed by atoms with van der Waals surface area (Å²) >= 11 is 6.31. The monoisotopic (exact) mass is 298 g/mol. The van der Waals surface area contributed by atoms with Crippen LogP contribution in [0, 0.1) is 0 Å². The predicted molar refractivity (Wildman–Crippen MR) is 87.4 cm³/mol. The SMILES string of the molecule is CCN(CC)CCCN(CC)c1ncc(CN)cc1Cl. The van der Waals surface area contributed by atoms with Crippen LogP contribution in [0.1, 0.15) is 32.8 Å². The molecule has 2 N–H and O–H groups in total. The zero-order valence-electron chi connectivity index (χ0n) is 12.9. The normalized spacial score (nSPS) is 11.1. The third-order valence-electron chi connectivity index (χ3n) is 3.59. The molecule has 0 spiro atoms. The van der Waals surface area contributed by atoms with E-state index in [9.17, 15) is 0 Å². The topological polar surface area (TPSA) is 45.4 Å². The average Bonchev–Trinajstić information content (AvgIpc) is 2.48. The summed E-state index contributed by atoms with van der Waals surface area (Å²) in [5.41, 5.74) is 6.57. The summed E-state index contributed by atoms with van der Waals surface area (Å²) in [6, 6.07) is 1.91. The highest BCUT2D eigenvalue weighted by Crippen LogP contribution is 2.24. The van der Waals surface area contributed by atoms with Crippen molar-refractivity contribution < 1.29 is 0 Å². The first kappa shape index (κ1) is 17.2.